The summed E-state index contributed by atoms with van der Waals surface area (Å²) in [5.41, 5.74) is 6.28. The molecule has 9 nitrogen and oxygen atoms in total. The molecule has 1 aliphatic heterocycles. The topological polar surface area (TPSA) is 141 Å². The minimum Gasteiger partial charge on any atom is -0.436 e. The smallest absolute Gasteiger partial charge is 0.261 e. The normalized spacial score (nSPS) is 14.3. The van der Waals surface area contributed by atoms with Gasteiger partial charge in [0, 0.05) is 32.0 Å². The molecule has 1 aromatic heterocycles. The number of hydrogen-bond acceptors (Lipinski definition) is 7. The largest absolute Gasteiger partial charge is 0.436 e. The molecular formula is C21H28FN3O6S. The van der Waals surface area contributed by atoms with Gasteiger partial charge in [-0.15, -0.1) is 0 Å². The van der Waals surface area contributed by atoms with Crippen LogP contribution in [0.25, 0.3) is 0 Å². The van der Waals surface area contributed by atoms with E-state index >= 15 is 0 Å². The lowest BCUT2D eigenvalue weighted by atomic mass is 9.97. The van der Waals surface area contributed by atoms with Crippen molar-refractivity contribution < 1.29 is 31.6 Å². The summed E-state index contributed by atoms with van der Waals surface area (Å²) in [5, 5.41) is 3.36. The number of ether oxygens (including phenoxy) is 2. The van der Waals surface area contributed by atoms with E-state index in [0.717, 1.165) is 44.6 Å². The molecule has 0 radical (unpaired) electrons. The molecule has 0 spiro atoms. The fourth-order valence-corrected chi connectivity index (χ4v) is 3.01. The molecule has 0 bridgehead atoms. The molecule has 11 heteroatoms. The summed E-state index contributed by atoms with van der Waals surface area (Å²) in [7, 11) is -3.67. The zero-order valence-electron chi connectivity index (χ0n) is 17.8. The lowest BCUT2D eigenvalue weighted by Crippen LogP contribution is -2.22. The van der Waals surface area contributed by atoms with E-state index in [2.05, 4.69) is 10.3 Å². The molecule has 0 aliphatic carbocycles. The molecule has 2 heterocycles. The first-order valence-electron chi connectivity index (χ1n) is 10.0. The molecular weight excluding hydrogens is 441 g/mol. The van der Waals surface area contributed by atoms with Crippen LogP contribution in [0, 0.1) is 11.7 Å². The highest BCUT2D eigenvalue weighted by molar-refractivity contribution is 7.85. The SMILES string of the molecule is CS(=O)(=O)O.NC(=O)c1ccc(Oc2ccc(CNCCC3CCOCC3)cc2F)nc1. The minimum atomic E-state index is -3.67. The van der Waals surface area contributed by atoms with Gasteiger partial charge in [0.2, 0.25) is 11.8 Å². The van der Waals surface area contributed by atoms with Crippen LogP contribution in [-0.2, 0) is 21.4 Å². The number of benzene rings is 1. The number of halogens is 1. The van der Waals surface area contributed by atoms with E-state index < -0.39 is 21.8 Å². The molecule has 0 atom stereocenters. The van der Waals surface area contributed by atoms with Crippen molar-refractivity contribution in [2.45, 2.75) is 25.8 Å². The van der Waals surface area contributed by atoms with Gasteiger partial charge < -0.3 is 20.5 Å². The van der Waals surface area contributed by atoms with Crippen molar-refractivity contribution in [3.8, 4) is 11.6 Å². The van der Waals surface area contributed by atoms with Gasteiger partial charge >= 0.3 is 0 Å². The van der Waals surface area contributed by atoms with Crippen LogP contribution in [0.4, 0.5) is 4.39 Å². The summed E-state index contributed by atoms with van der Waals surface area (Å²) in [6, 6.07) is 7.81. The molecule has 1 aliphatic rings. The fraction of sp³-hybridized carbons (Fsp3) is 0.429. The third-order valence-corrected chi connectivity index (χ3v) is 4.63. The number of carbonyl (C=O) groups excluding carboxylic acids is 1. The molecule has 2 aromatic rings. The first kappa shape index (κ1) is 25.7. The van der Waals surface area contributed by atoms with Crippen molar-refractivity contribution in [2.75, 3.05) is 26.0 Å². The molecule has 0 saturated carbocycles. The molecule has 1 aromatic carbocycles. The molecule has 0 unspecified atom stereocenters. The standard InChI is InChI=1S/C20H24FN3O3.CH4O3S/c21-17-11-15(12-23-8-5-14-6-9-26-10-7-14)1-3-18(17)27-19-4-2-16(13-24-19)20(22)25;1-5(2,3)4/h1-4,11,13-14,23H,5-10,12H2,(H2,22,25);1H3,(H,2,3,4). The van der Waals surface area contributed by atoms with Crippen molar-refractivity contribution in [1.82, 2.24) is 10.3 Å². The maximum atomic E-state index is 14.3. The predicted octanol–water partition coefficient (Wildman–Crippen LogP) is 2.52. The van der Waals surface area contributed by atoms with Crippen LogP contribution >= 0.6 is 0 Å². The Kier molecular flexibility index (Phi) is 9.97. The van der Waals surface area contributed by atoms with Crippen LogP contribution in [0.5, 0.6) is 11.6 Å². The van der Waals surface area contributed by atoms with Crippen molar-refractivity contribution in [3.63, 3.8) is 0 Å². The average Bonchev–Trinajstić information content (AvgIpc) is 2.73. The highest BCUT2D eigenvalue weighted by Crippen LogP contribution is 2.24. The second-order valence-electron chi connectivity index (χ2n) is 7.37. The lowest BCUT2D eigenvalue weighted by molar-refractivity contribution is 0.0639. The molecule has 32 heavy (non-hydrogen) atoms. The van der Waals surface area contributed by atoms with Crippen LogP contribution in [0.3, 0.4) is 0 Å². The van der Waals surface area contributed by atoms with Crippen LogP contribution in [0.2, 0.25) is 0 Å². The maximum Gasteiger partial charge on any atom is 0.261 e. The number of hydrogen-bond donors (Lipinski definition) is 3. The Morgan fingerprint density at radius 2 is 2.00 bits per heavy atom. The van der Waals surface area contributed by atoms with Gasteiger partial charge in [-0.25, -0.2) is 9.37 Å². The number of aromatic nitrogens is 1. The predicted molar refractivity (Wildman–Crippen MR) is 117 cm³/mol. The molecule has 1 fully saturated rings. The van der Waals surface area contributed by atoms with Crippen LogP contribution < -0.4 is 15.8 Å². The van der Waals surface area contributed by atoms with Crippen LogP contribution in [0.15, 0.2) is 36.5 Å². The summed E-state index contributed by atoms with van der Waals surface area (Å²) in [5.74, 6) is -0.0397. The molecule has 4 N–H and O–H groups in total. The Labute approximate surface area is 186 Å². The van der Waals surface area contributed by atoms with Gasteiger partial charge in [-0.1, -0.05) is 6.07 Å². The van der Waals surface area contributed by atoms with Gasteiger partial charge in [0.15, 0.2) is 11.6 Å². The van der Waals surface area contributed by atoms with Crippen LogP contribution in [0.1, 0.15) is 35.2 Å². The van der Waals surface area contributed by atoms with E-state index in [9.17, 15) is 17.6 Å². The van der Waals surface area contributed by atoms with E-state index in [1.807, 2.05) is 6.07 Å². The zero-order valence-corrected chi connectivity index (χ0v) is 18.6. The molecule has 1 saturated heterocycles. The van der Waals surface area contributed by atoms with Crippen molar-refractivity contribution in [2.24, 2.45) is 11.7 Å². The number of pyridine rings is 1. The number of nitrogens with one attached hydrogen (secondary N) is 1. The lowest BCUT2D eigenvalue weighted by Gasteiger charge is -2.21. The Morgan fingerprint density at radius 1 is 1.31 bits per heavy atom. The van der Waals surface area contributed by atoms with Gasteiger partial charge in [-0.3, -0.25) is 9.35 Å². The number of primary amides is 1. The molecule has 1 amide bonds. The van der Waals surface area contributed by atoms with Gasteiger partial charge in [-0.2, -0.15) is 8.42 Å². The van der Waals surface area contributed by atoms with E-state index in [1.54, 1.807) is 6.07 Å². The summed E-state index contributed by atoms with van der Waals surface area (Å²) in [6.45, 7) is 3.22. The molecule has 176 valence electrons. The van der Waals surface area contributed by atoms with E-state index in [4.69, 9.17) is 19.8 Å². The third kappa shape index (κ3) is 10.1. The highest BCUT2D eigenvalue weighted by atomic mass is 32.2. The minimum absolute atomic E-state index is 0.0836. The van der Waals surface area contributed by atoms with E-state index in [0.29, 0.717) is 18.7 Å². The fourth-order valence-electron chi connectivity index (χ4n) is 3.01. The van der Waals surface area contributed by atoms with Gasteiger partial charge in [-0.05, 0) is 55.5 Å². The van der Waals surface area contributed by atoms with Crippen molar-refractivity contribution in [3.05, 3.63) is 53.5 Å². The highest BCUT2D eigenvalue weighted by Gasteiger charge is 2.13. The van der Waals surface area contributed by atoms with Gasteiger partial charge in [0.1, 0.15) is 0 Å². The first-order valence-corrected chi connectivity index (χ1v) is 11.9. The summed E-state index contributed by atoms with van der Waals surface area (Å²) < 4.78 is 50.9. The zero-order chi connectivity index (χ0) is 23.6. The number of nitrogens with zero attached hydrogens (tertiary/aromatic N) is 1. The molecule has 3 rings (SSSR count). The quantitative estimate of drug-likeness (QED) is 0.396. The van der Waals surface area contributed by atoms with Crippen molar-refractivity contribution >= 4 is 16.0 Å². The second kappa shape index (κ2) is 12.4. The Balaban J connectivity index is 0.000000654. The third-order valence-electron chi connectivity index (χ3n) is 4.63. The number of amides is 1. The monoisotopic (exact) mass is 469 g/mol. The first-order chi connectivity index (χ1) is 15.1. The average molecular weight is 470 g/mol. The number of nitrogens with two attached hydrogens (primary N) is 1. The summed E-state index contributed by atoms with van der Waals surface area (Å²) >= 11 is 0. The maximum absolute atomic E-state index is 14.3. The van der Waals surface area contributed by atoms with Crippen LogP contribution in [-0.4, -0.2) is 49.9 Å². The Morgan fingerprint density at radius 3 is 2.56 bits per heavy atom. The van der Waals surface area contributed by atoms with E-state index in [-0.39, 0.29) is 17.2 Å². The summed E-state index contributed by atoms with van der Waals surface area (Å²) in [4.78, 5) is 15.0. The number of carbonyl (C=O) groups is 1. The summed E-state index contributed by atoms with van der Waals surface area (Å²) in [6.07, 6.45) is 5.37. The van der Waals surface area contributed by atoms with Gasteiger partial charge in [0.25, 0.3) is 10.1 Å². The van der Waals surface area contributed by atoms with E-state index in [1.165, 1.54) is 24.4 Å². The Hall–Kier alpha value is -2.60. The van der Waals surface area contributed by atoms with Gasteiger partial charge in [0.05, 0.1) is 11.8 Å². The van der Waals surface area contributed by atoms with Crippen molar-refractivity contribution in [1.29, 1.82) is 0 Å². The Bertz CT molecular complexity index is 972. The second-order valence-corrected chi connectivity index (χ2v) is 8.84. The number of rotatable bonds is 8.